The van der Waals surface area contributed by atoms with Crippen LogP contribution in [0.5, 0.6) is 11.5 Å². The average Bonchev–Trinajstić information content (AvgIpc) is 3.17. The van der Waals surface area contributed by atoms with Gasteiger partial charge < -0.3 is 9.47 Å². The van der Waals surface area contributed by atoms with Crippen molar-refractivity contribution in [2.24, 2.45) is 0 Å². The summed E-state index contributed by atoms with van der Waals surface area (Å²) < 4.78 is 14.3. The molecule has 3 aromatic carbocycles. The Morgan fingerprint density at radius 2 is 0.680 bits per heavy atom. The third-order valence-electron chi connectivity index (χ3n) is 9.88. The van der Waals surface area contributed by atoms with Crippen LogP contribution < -0.4 is 14.0 Å². The van der Waals surface area contributed by atoms with Gasteiger partial charge in [-0.05, 0) is 65.8 Å². The lowest BCUT2D eigenvalue weighted by molar-refractivity contribution is -0.697. The summed E-state index contributed by atoms with van der Waals surface area (Å²) in [6, 6.07) is 32.2. The summed E-state index contributed by atoms with van der Waals surface area (Å²) in [7, 11) is 0. The number of nitrogens with zero attached hydrogens (tertiary/aromatic N) is 1. The molecule has 0 aliphatic rings. The third-order valence-corrected chi connectivity index (χ3v) is 9.88. The molecule has 0 saturated carbocycles. The Labute approximate surface area is 305 Å². The number of hydrogen-bond donors (Lipinski definition) is 0. The number of aromatic nitrogens is 1. The van der Waals surface area contributed by atoms with E-state index in [1.165, 1.54) is 138 Å². The maximum Gasteiger partial charge on any atom is 0.168 e. The molecule has 0 radical (unpaired) electrons. The summed E-state index contributed by atoms with van der Waals surface area (Å²) in [6.07, 6.45) is 31.1. The highest BCUT2D eigenvalue weighted by Crippen LogP contribution is 2.28. The molecule has 4 rings (SSSR count). The summed E-state index contributed by atoms with van der Waals surface area (Å²) in [5.41, 5.74) is 4.88. The van der Waals surface area contributed by atoms with Crippen LogP contribution in [0, 0.1) is 0 Å². The maximum atomic E-state index is 6.05. The Kier molecular flexibility index (Phi) is 19.9. The van der Waals surface area contributed by atoms with Crippen LogP contribution in [0.4, 0.5) is 0 Å². The largest absolute Gasteiger partial charge is 0.494 e. The van der Waals surface area contributed by atoms with Gasteiger partial charge in [0, 0.05) is 18.6 Å². The highest BCUT2D eigenvalue weighted by molar-refractivity contribution is 5.71. The van der Waals surface area contributed by atoms with Crippen LogP contribution in [-0.2, 0) is 6.54 Å². The first-order valence-corrected chi connectivity index (χ1v) is 20.3. The number of unbranched alkanes of at least 4 members (excludes halogenated alkanes) is 18. The smallest absolute Gasteiger partial charge is 0.168 e. The fourth-order valence-electron chi connectivity index (χ4n) is 6.71. The van der Waals surface area contributed by atoms with Gasteiger partial charge in [0.15, 0.2) is 12.4 Å². The number of pyridine rings is 1. The van der Waals surface area contributed by atoms with Crippen molar-refractivity contribution in [3.63, 3.8) is 0 Å². The van der Waals surface area contributed by atoms with Crippen molar-refractivity contribution in [3.05, 3.63) is 103 Å². The summed E-state index contributed by atoms with van der Waals surface area (Å²) in [5.74, 6) is 1.92. The predicted molar refractivity (Wildman–Crippen MR) is 213 cm³/mol. The molecule has 270 valence electrons. The standard InChI is InChI=1S/C47H66NO2/c1-2-3-4-5-6-7-8-9-10-11-12-14-17-23-40-49-46-33-29-44(30-34-46)42-25-27-43(28-26-42)45-31-35-47(36-32-45)50-41-24-18-15-13-16-20-37-48-38-21-19-22-39-48/h19,21-22,25-36,38-39H,2-18,20,23-24,37,40-41H2,1H3/q+1. The monoisotopic (exact) mass is 677 g/mol. The molecule has 0 aliphatic heterocycles. The van der Waals surface area contributed by atoms with Gasteiger partial charge in [-0.25, -0.2) is 4.57 Å². The molecule has 0 saturated heterocycles. The van der Waals surface area contributed by atoms with E-state index in [1.807, 2.05) is 0 Å². The normalized spacial score (nSPS) is 11.1. The lowest BCUT2D eigenvalue weighted by Gasteiger charge is -2.09. The van der Waals surface area contributed by atoms with E-state index in [4.69, 9.17) is 9.47 Å². The van der Waals surface area contributed by atoms with Crippen LogP contribution in [0.15, 0.2) is 103 Å². The highest BCUT2D eigenvalue weighted by atomic mass is 16.5. The van der Waals surface area contributed by atoms with Crippen LogP contribution in [0.2, 0.25) is 0 Å². The summed E-state index contributed by atoms with van der Waals surface area (Å²) in [5, 5.41) is 0. The van der Waals surface area contributed by atoms with Gasteiger partial charge in [-0.15, -0.1) is 0 Å². The molecule has 1 aromatic heterocycles. The van der Waals surface area contributed by atoms with Crippen molar-refractivity contribution in [1.82, 2.24) is 0 Å². The van der Waals surface area contributed by atoms with Crippen LogP contribution in [0.1, 0.15) is 135 Å². The molecule has 0 atom stereocenters. The Balaban J connectivity index is 1.02. The van der Waals surface area contributed by atoms with E-state index in [1.54, 1.807) is 0 Å². The number of benzene rings is 3. The molecule has 0 spiro atoms. The van der Waals surface area contributed by atoms with Crippen molar-refractivity contribution in [3.8, 4) is 33.8 Å². The van der Waals surface area contributed by atoms with Gasteiger partial charge >= 0.3 is 0 Å². The van der Waals surface area contributed by atoms with Crippen molar-refractivity contribution in [2.75, 3.05) is 13.2 Å². The molecule has 1 heterocycles. The van der Waals surface area contributed by atoms with Crippen LogP contribution >= 0.6 is 0 Å². The molecular formula is C47H66NO2+. The Hall–Kier alpha value is -3.59. The van der Waals surface area contributed by atoms with E-state index in [-0.39, 0.29) is 0 Å². The van der Waals surface area contributed by atoms with Gasteiger partial charge in [0.1, 0.15) is 18.0 Å². The Morgan fingerprint density at radius 1 is 0.360 bits per heavy atom. The van der Waals surface area contributed by atoms with Crippen molar-refractivity contribution in [1.29, 1.82) is 0 Å². The van der Waals surface area contributed by atoms with E-state index in [0.717, 1.165) is 44.1 Å². The zero-order valence-corrected chi connectivity index (χ0v) is 31.3. The quantitative estimate of drug-likeness (QED) is 0.0441. The molecular weight excluding hydrogens is 611 g/mol. The Morgan fingerprint density at radius 3 is 1.06 bits per heavy atom. The minimum absolute atomic E-state index is 0.789. The molecule has 4 aromatic rings. The number of hydrogen-bond acceptors (Lipinski definition) is 2. The SMILES string of the molecule is CCCCCCCCCCCCCCCCOc1ccc(-c2ccc(-c3ccc(OCCCCCCCC[n+]4ccccc4)cc3)cc2)cc1. The maximum absolute atomic E-state index is 6.05. The minimum atomic E-state index is 0.789. The number of rotatable bonds is 28. The lowest BCUT2D eigenvalue weighted by Crippen LogP contribution is -2.32. The molecule has 3 nitrogen and oxygen atoms in total. The summed E-state index contributed by atoms with van der Waals surface area (Å²) in [4.78, 5) is 0. The first kappa shape index (κ1) is 39.2. The van der Waals surface area contributed by atoms with E-state index < -0.39 is 0 Å². The average molecular weight is 677 g/mol. The molecule has 0 amide bonds. The molecule has 0 fully saturated rings. The Bertz CT molecular complexity index is 1370. The molecule has 50 heavy (non-hydrogen) atoms. The molecule has 0 N–H and O–H groups in total. The summed E-state index contributed by atoms with van der Waals surface area (Å²) in [6.45, 7) is 5.01. The topological polar surface area (TPSA) is 22.3 Å². The van der Waals surface area contributed by atoms with Gasteiger partial charge in [-0.1, -0.05) is 164 Å². The molecule has 0 aliphatic carbocycles. The molecule has 0 bridgehead atoms. The predicted octanol–water partition coefficient (Wildman–Crippen LogP) is 13.6. The van der Waals surface area contributed by atoms with Crippen molar-refractivity contribution < 1.29 is 14.0 Å². The second-order valence-electron chi connectivity index (χ2n) is 14.2. The fourth-order valence-corrected chi connectivity index (χ4v) is 6.71. The fraction of sp³-hybridized carbons (Fsp3) is 0.511. The first-order valence-electron chi connectivity index (χ1n) is 20.3. The second kappa shape index (κ2) is 25.4. The van der Waals surface area contributed by atoms with E-state index in [0.29, 0.717) is 0 Å². The third kappa shape index (κ3) is 16.4. The summed E-state index contributed by atoms with van der Waals surface area (Å²) >= 11 is 0. The lowest BCUT2D eigenvalue weighted by atomic mass is 10.0. The van der Waals surface area contributed by atoms with Crippen LogP contribution in [0.3, 0.4) is 0 Å². The second-order valence-corrected chi connectivity index (χ2v) is 14.2. The van der Waals surface area contributed by atoms with Crippen molar-refractivity contribution in [2.45, 2.75) is 142 Å². The zero-order chi connectivity index (χ0) is 34.7. The van der Waals surface area contributed by atoms with Crippen LogP contribution in [-0.4, -0.2) is 13.2 Å². The number of ether oxygens (including phenoxy) is 2. The number of aryl methyl sites for hydroxylation is 1. The minimum Gasteiger partial charge on any atom is -0.494 e. The van der Waals surface area contributed by atoms with Crippen LogP contribution in [0.25, 0.3) is 22.3 Å². The van der Waals surface area contributed by atoms with Gasteiger partial charge in [0.2, 0.25) is 0 Å². The van der Waals surface area contributed by atoms with E-state index in [9.17, 15) is 0 Å². The zero-order valence-electron chi connectivity index (χ0n) is 31.3. The van der Waals surface area contributed by atoms with Gasteiger partial charge in [-0.2, -0.15) is 0 Å². The van der Waals surface area contributed by atoms with Gasteiger partial charge in [0.25, 0.3) is 0 Å². The van der Waals surface area contributed by atoms with E-state index in [2.05, 4.69) is 115 Å². The van der Waals surface area contributed by atoms with Gasteiger partial charge in [-0.3, -0.25) is 0 Å². The molecule has 3 heteroatoms. The first-order chi connectivity index (χ1) is 24.8. The van der Waals surface area contributed by atoms with E-state index >= 15 is 0 Å². The highest BCUT2D eigenvalue weighted by Gasteiger charge is 2.04. The van der Waals surface area contributed by atoms with Gasteiger partial charge in [0.05, 0.1) is 13.2 Å². The molecule has 0 unspecified atom stereocenters. The van der Waals surface area contributed by atoms with Crippen molar-refractivity contribution >= 4 is 0 Å².